The van der Waals surface area contributed by atoms with Gasteiger partial charge in [-0.25, -0.2) is 0 Å². The molecule has 146 valence electrons. The number of carbonyl (C=O) groups excluding carboxylic acids is 3. The molecule has 1 aliphatic rings. The second-order valence-electron chi connectivity index (χ2n) is 6.55. The number of ketones is 1. The molecule has 0 saturated carbocycles. The van der Waals surface area contributed by atoms with E-state index in [9.17, 15) is 14.4 Å². The topological polar surface area (TPSA) is 72.9 Å². The average molecular weight is 402 g/mol. The first-order valence-electron chi connectivity index (χ1n) is 8.80. The van der Waals surface area contributed by atoms with Crippen molar-refractivity contribution in [2.24, 2.45) is 5.92 Å². The van der Waals surface area contributed by atoms with Crippen LogP contribution in [0.3, 0.4) is 0 Å². The minimum atomic E-state index is -0.616. The van der Waals surface area contributed by atoms with Gasteiger partial charge in [-0.1, -0.05) is 17.7 Å². The van der Waals surface area contributed by atoms with Crippen molar-refractivity contribution in [3.05, 3.63) is 58.6 Å². The number of amides is 1. The first kappa shape index (κ1) is 19.9. The maximum atomic E-state index is 12.4. The standard InChI is InChI=1S/C21H20ClNO5/c1-13-17(22)4-3-5-18(13)23-11-15(10-20(23)25)21(26)28-12-19(24)14-6-8-16(27-2)9-7-14/h3-9,15H,10-12H2,1-2H3/t15-/m1/s1. The van der Waals surface area contributed by atoms with Gasteiger partial charge >= 0.3 is 5.97 Å². The first-order valence-corrected chi connectivity index (χ1v) is 9.18. The molecular weight excluding hydrogens is 382 g/mol. The average Bonchev–Trinajstić information content (AvgIpc) is 3.09. The Morgan fingerprint density at radius 1 is 1.18 bits per heavy atom. The highest BCUT2D eigenvalue weighted by molar-refractivity contribution is 6.31. The van der Waals surface area contributed by atoms with Gasteiger partial charge in [-0.2, -0.15) is 0 Å². The van der Waals surface area contributed by atoms with Crippen LogP contribution >= 0.6 is 11.6 Å². The van der Waals surface area contributed by atoms with Crippen LogP contribution in [0.1, 0.15) is 22.3 Å². The Morgan fingerprint density at radius 3 is 2.57 bits per heavy atom. The summed E-state index contributed by atoms with van der Waals surface area (Å²) in [5.41, 5.74) is 1.88. The van der Waals surface area contributed by atoms with E-state index >= 15 is 0 Å². The fourth-order valence-electron chi connectivity index (χ4n) is 3.10. The van der Waals surface area contributed by atoms with Gasteiger partial charge in [-0.05, 0) is 48.9 Å². The zero-order valence-electron chi connectivity index (χ0n) is 15.6. The quantitative estimate of drug-likeness (QED) is 0.547. The highest BCUT2D eigenvalue weighted by Crippen LogP contribution is 2.31. The lowest BCUT2D eigenvalue weighted by Crippen LogP contribution is -2.27. The summed E-state index contributed by atoms with van der Waals surface area (Å²) in [6.45, 7) is 1.66. The summed E-state index contributed by atoms with van der Waals surface area (Å²) in [4.78, 5) is 38.5. The number of ether oxygens (including phenoxy) is 2. The van der Waals surface area contributed by atoms with Crippen LogP contribution in [-0.4, -0.2) is 37.9 Å². The van der Waals surface area contributed by atoms with Crippen molar-refractivity contribution in [1.82, 2.24) is 0 Å². The Labute approximate surface area is 168 Å². The van der Waals surface area contributed by atoms with Crippen molar-refractivity contribution < 1.29 is 23.9 Å². The normalized spacial score (nSPS) is 16.2. The molecular formula is C21H20ClNO5. The van der Waals surface area contributed by atoms with E-state index in [1.807, 2.05) is 6.92 Å². The summed E-state index contributed by atoms with van der Waals surface area (Å²) < 4.78 is 10.2. The predicted molar refractivity (Wildman–Crippen MR) is 105 cm³/mol. The Kier molecular flexibility index (Phi) is 5.99. The molecule has 1 heterocycles. The van der Waals surface area contributed by atoms with E-state index in [2.05, 4.69) is 0 Å². The number of hydrogen-bond donors (Lipinski definition) is 0. The van der Waals surface area contributed by atoms with Crippen molar-refractivity contribution in [3.63, 3.8) is 0 Å². The van der Waals surface area contributed by atoms with Gasteiger partial charge in [0.2, 0.25) is 5.91 Å². The summed E-state index contributed by atoms with van der Waals surface area (Å²) in [6, 6.07) is 11.8. The molecule has 2 aromatic rings. The molecule has 1 atom stereocenters. The summed E-state index contributed by atoms with van der Waals surface area (Å²) in [6.07, 6.45) is 0.0432. The molecule has 1 amide bonds. The third-order valence-electron chi connectivity index (χ3n) is 4.75. The van der Waals surface area contributed by atoms with Crippen LogP contribution in [0, 0.1) is 12.8 Å². The van der Waals surface area contributed by atoms with E-state index in [-0.39, 0.29) is 31.3 Å². The van der Waals surface area contributed by atoms with E-state index in [1.54, 1.807) is 47.4 Å². The number of halogens is 1. The lowest BCUT2D eigenvalue weighted by Gasteiger charge is -2.19. The van der Waals surface area contributed by atoms with Crippen LogP contribution in [0.25, 0.3) is 0 Å². The number of anilines is 1. The number of carbonyl (C=O) groups is 3. The molecule has 1 saturated heterocycles. The molecule has 0 aliphatic carbocycles. The van der Waals surface area contributed by atoms with Crippen LogP contribution in [-0.2, 0) is 14.3 Å². The largest absolute Gasteiger partial charge is 0.497 e. The molecule has 1 fully saturated rings. The maximum Gasteiger partial charge on any atom is 0.311 e. The van der Waals surface area contributed by atoms with E-state index in [4.69, 9.17) is 21.1 Å². The van der Waals surface area contributed by atoms with Gasteiger partial charge in [0.15, 0.2) is 12.4 Å². The van der Waals surface area contributed by atoms with E-state index in [0.717, 1.165) is 5.56 Å². The van der Waals surface area contributed by atoms with Crippen LogP contribution in [0.4, 0.5) is 5.69 Å². The van der Waals surface area contributed by atoms with Gasteiger partial charge in [-0.15, -0.1) is 0 Å². The molecule has 2 aromatic carbocycles. The number of rotatable bonds is 6. The number of benzene rings is 2. The smallest absolute Gasteiger partial charge is 0.311 e. The number of methoxy groups -OCH3 is 1. The maximum absolute atomic E-state index is 12.4. The third kappa shape index (κ3) is 4.17. The fraction of sp³-hybridized carbons (Fsp3) is 0.286. The Balaban J connectivity index is 1.60. The molecule has 0 N–H and O–H groups in total. The minimum absolute atomic E-state index is 0.0432. The van der Waals surface area contributed by atoms with Crippen LogP contribution in [0.15, 0.2) is 42.5 Å². The molecule has 0 bridgehead atoms. The summed E-state index contributed by atoms with van der Waals surface area (Å²) in [5, 5.41) is 0.557. The molecule has 28 heavy (non-hydrogen) atoms. The van der Waals surface area contributed by atoms with E-state index < -0.39 is 11.9 Å². The minimum Gasteiger partial charge on any atom is -0.497 e. The molecule has 0 unspecified atom stereocenters. The van der Waals surface area contributed by atoms with Gasteiger partial charge in [-0.3, -0.25) is 14.4 Å². The van der Waals surface area contributed by atoms with Gasteiger partial charge in [0, 0.05) is 29.2 Å². The van der Waals surface area contributed by atoms with Crippen molar-refractivity contribution in [1.29, 1.82) is 0 Å². The van der Waals surface area contributed by atoms with Crippen molar-refractivity contribution in [2.75, 3.05) is 25.2 Å². The SMILES string of the molecule is COc1ccc(C(=O)COC(=O)[C@@H]2CC(=O)N(c3cccc(Cl)c3C)C2)cc1. The third-order valence-corrected chi connectivity index (χ3v) is 5.16. The van der Waals surface area contributed by atoms with Crippen molar-refractivity contribution in [3.8, 4) is 5.75 Å². The van der Waals surface area contributed by atoms with Crippen LogP contribution in [0.5, 0.6) is 5.75 Å². The molecule has 0 aromatic heterocycles. The van der Waals surface area contributed by atoms with E-state index in [1.165, 1.54) is 7.11 Å². The van der Waals surface area contributed by atoms with Gasteiger partial charge in [0.25, 0.3) is 0 Å². The highest BCUT2D eigenvalue weighted by atomic mass is 35.5. The fourth-order valence-corrected chi connectivity index (χ4v) is 3.27. The number of Topliss-reactive ketones (excluding diaryl/α,β-unsaturated/α-hetero) is 1. The zero-order chi connectivity index (χ0) is 20.3. The highest BCUT2D eigenvalue weighted by Gasteiger charge is 2.37. The molecule has 3 rings (SSSR count). The lowest BCUT2D eigenvalue weighted by molar-refractivity contribution is -0.147. The van der Waals surface area contributed by atoms with E-state index in [0.29, 0.717) is 22.0 Å². The Morgan fingerprint density at radius 2 is 1.89 bits per heavy atom. The number of nitrogens with zero attached hydrogens (tertiary/aromatic N) is 1. The van der Waals surface area contributed by atoms with Gasteiger partial charge in [0.05, 0.1) is 13.0 Å². The molecule has 0 spiro atoms. The van der Waals surface area contributed by atoms with Crippen LogP contribution in [0.2, 0.25) is 5.02 Å². The Bertz CT molecular complexity index is 910. The summed E-state index contributed by atoms with van der Waals surface area (Å²) in [5.74, 6) is -1.03. The van der Waals surface area contributed by atoms with Crippen LogP contribution < -0.4 is 9.64 Å². The second-order valence-corrected chi connectivity index (χ2v) is 6.96. The zero-order valence-corrected chi connectivity index (χ0v) is 16.4. The molecule has 7 heteroatoms. The lowest BCUT2D eigenvalue weighted by atomic mass is 10.1. The number of esters is 1. The van der Waals surface area contributed by atoms with Gasteiger partial charge < -0.3 is 14.4 Å². The van der Waals surface area contributed by atoms with Crippen molar-refractivity contribution in [2.45, 2.75) is 13.3 Å². The predicted octanol–water partition coefficient (Wildman–Crippen LogP) is 3.44. The molecule has 0 radical (unpaired) electrons. The summed E-state index contributed by atoms with van der Waals surface area (Å²) in [7, 11) is 1.54. The van der Waals surface area contributed by atoms with Gasteiger partial charge in [0.1, 0.15) is 5.75 Å². The molecule has 6 nitrogen and oxygen atoms in total. The monoisotopic (exact) mass is 401 g/mol. The second kappa shape index (κ2) is 8.44. The molecule has 1 aliphatic heterocycles. The number of hydrogen-bond acceptors (Lipinski definition) is 5. The first-order chi connectivity index (χ1) is 13.4. The van der Waals surface area contributed by atoms with Crippen molar-refractivity contribution >= 4 is 34.9 Å². The summed E-state index contributed by atoms with van der Waals surface area (Å²) >= 11 is 6.13. The Hall–Kier alpha value is -2.86.